The predicted molar refractivity (Wildman–Crippen MR) is 69.3 cm³/mol. The minimum atomic E-state index is -0.466. The average Bonchev–Trinajstić information content (AvgIpc) is 2.35. The zero-order valence-electron chi connectivity index (χ0n) is 9.95. The number of nitrogen functional groups attached to an aromatic ring is 1. The molecule has 0 spiro atoms. The Balaban J connectivity index is 2.21. The zero-order chi connectivity index (χ0) is 13.1. The molecule has 0 fully saturated rings. The lowest BCUT2D eigenvalue weighted by Crippen LogP contribution is -2.09. The number of hydrogen-bond donors (Lipinski definition) is 2. The summed E-state index contributed by atoms with van der Waals surface area (Å²) in [7, 11) is 0. The van der Waals surface area contributed by atoms with Crippen LogP contribution in [0.5, 0.6) is 0 Å². The number of hydrogen-bond acceptors (Lipinski definition) is 2. The van der Waals surface area contributed by atoms with Gasteiger partial charge in [-0.1, -0.05) is 18.2 Å². The molecule has 0 heterocycles. The third-order valence-corrected chi connectivity index (χ3v) is 2.77. The average molecular weight is 248 g/mol. The van der Waals surface area contributed by atoms with Crippen molar-refractivity contribution in [3.05, 3.63) is 59.7 Å². The molecule has 0 amide bonds. The van der Waals surface area contributed by atoms with E-state index in [2.05, 4.69) is 5.32 Å². The fourth-order valence-electron chi connectivity index (χ4n) is 1.76. The van der Waals surface area contributed by atoms with Crippen LogP contribution in [0.2, 0.25) is 0 Å². The van der Waals surface area contributed by atoms with Crippen LogP contribution in [0.15, 0.2) is 42.5 Å². The first kappa shape index (κ1) is 12.4. The van der Waals surface area contributed by atoms with Crippen LogP contribution in [0.4, 0.5) is 20.2 Å². The fraction of sp³-hybridized carbons (Fsp3) is 0.143. The Morgan fingerprint density at radius 1 is 1.11 bits per heavy atom. The molecule has 0 bridgehead atoms. The molecule has 0 radical (unpaired) electrons. The number of nitrogens with one attached hydrogen (secondary N) is 1. The molecule has 3 N–H and O–H groups in total. The van der Waals surface area contributed by atoms with E-state index in [1.54, 1.807) is 24.3 Å². The molecule has 0 aromatic heterocycles. The first-order valence-corrected chi connectivity index (χ1v) is 5.64. The highest BCUT2D eigenvalue weighted by atomic mass is 19.1. The maximum absolute atomic E-state index is 13.3. The van der Waals surface area contributed by atoms with Crippen molar-refractivity contribution in [2.75, 3.05) is 11.1 Å². The van der Waals surface area contributed by atoms with Gasteiger partial charge in [-0.3, -0.25) is 0 Å². The summed E-state index contributed by atoms with van der Waals surface area (Å²) in [5, 5.41) is 3.06. The Labute approximate surface area is 104 Å². The van der Waals surface area contributed by atoms with Crippen molar-refractivity contribution in [2.45, 2.75) is 13.0 Å². The lowest BCUT2D eigenvalue weighted by atomic mass is 10.1. The molecule has 2 nitrogen and oxygen atoms in total. The van der Waals surface area contributed by atoms with Crippen molar-refractivity contribution in [3.8, 4) is 0 Å². The molecule has 0 saturated carbocycles. The van der Waals surface area contributed by atoms with E-state index in [-0.39, 0.29) is 17.5 Å². The normalized spacial score (nSPS) is 12.2. The van der Waals surface area contributed by atoms with Gasteiger partial charge in [0.05, 0.1) is 11.4 Å². The fourth-order valence-corrected chi connectivity index (χ4v) is 1.76. The van der Waals surface area contributed by atoms with Gasteiger partial charge < -0.3 is 11.1 Å². The number of rotatable bonds is 3. The van der Waals surface area contributed by atoms with E-state index in [0.717, 1.165) is 5.56 Å². The van der Waals surface area contributed by atoms with Crippen LogP contribution < -0.4 is 11.1 Å². The van der Waals surface area contributed by atoms with E-state index in [1.165, 1.54) is 18.2 Å². The quantitative estimate of drug-likeness (QED) is 0.812. The van der Waals surface area contributed by atoms with Crippen LogP contribution in [0.25, 0.3) is 0 Å². The van der Waals surface area contributed by atoms with Crippen LogP contribution in [0.1, 0.15) is 18.5 Å². The van der Waals surface area contributed by atoms with Gasteiger partial charge in [0, 0.05) is 6.04 Å². The summed E-state index contributed by atoms with van der Waals surface area (Å²) in [5.74, 6) is -0.764. The highest BCUT2D eigenvalue weighted by Gasteiger charge is 2.09. The Morgan fingerprint density at radius 2 is 1.83 bits per heavy atom. The van der Waals surface area contributed by atoms with Gasteiger partial charge in [0.2, 0.25) is 0 Å². The topological polar surface area (TPSA) is 38.0 Å². The first-order chi connectivity index (χ1) is 8.58. The Morgan fingerprint density at radius 3 is 2.56 bits per heavy atom. The zero-order valence-corrected chi connectivity index (χ0v) is 9.95. The van der Waals surface area contributed by atoms with Gasteiger partial charge in [0.15, 0.2) is 0 Å². The largest absolute Gasteiger partial charge is 0.395 e. The first-order valence-electron chi connectivity index (χ1n) is 5.64. The van der Waals surface area contributed by atoms with Crippen LogP contribution in [0.3, 0.4) is 0 Å². The summed E-state index contributed by atoms with van der Waals surface area (Å²) in [6, 6.07) is 10.7. The standard InChI is InChI=1S/C14H14F2N2/c1-9(10-4-2-5-11(15)8-10)18-13-7-3-6-12(16)14(13)17/h2-9,18H,17H2,1H3. The molecule has 1 atom stereocenters. The van der Waals surface area contributed by atoms with Gasteiger partial charge in [-0.05, 0) is 36.8 Å². The van der Waals surface area contributed by atoms with Crippen molar-refractivity contribution in [2.24, 2.45) is 0 Å². The minimum Gasteiger partial charge on any atom is -0.395 e. The van der Waals surface area contributed by atoms with Gasteiger partial charge in [-0.2, -0.15) is 0 Å². The summed E-state index contributed by atoms with van der Waals surface area (Å²) in [4.78, 5) is 0. The predicted octanol–water partition coefficient (Wildman–Crippen LogP) is 3.72. The van der Waals surface area contributed by atoms with E-state index >= 15 is 0 Å². The van der Waals surface area contributed by atoms with Gasteiger partial charge in [0.1, 0.15) is 11.6 Å². The van der Waals surface area contributed by atoms with Crippen LogP contribution in [0, 0.1) is 11.6 Å². The van der Waals surface area contributed by atoms with E-state index in [9.17, 15) is 8.78 Å². The maximum Gasteiger partial charge on any atom is 0.148 e. The molecule has 2 rings (SSSR count). The number of nitrogens with two attached hydrogens (primary N) is 1. The van der Waals surface area contributed by atoms with Crippen molar-refractivity contribution in [3.63, 3.8) is 0 Å². The third kappa shape index (κ3) is 2.59. The number of halogens is 2. The molecular weight excluding hydrogens is 234 g/mol. The van der Waals surface area contributed by atoms with Crippen molar-refractivity contribution in [1.82, 2.24) is 0 Å². The minimum absolute atomic E-state index is 0.0701. The molecule has 0 aliphatic carbocycles. The lowest BCUT2D eigenvalue weighted by Gasteiger charge is -2.17. The van der Waals surface area contributed by atoms with Crippen molar-refractivity contribution < 1.29 is 8.78 Å². The summed E-state index contributed by atoms with van der Waals surface area (Å²) < 4.78 is 26.4. The summed E-state index contributed by atoms with van der Waals surface area (Å²) in [6.07, 6.45) is 0. The molecule has 0 aliphatic heterocycles. The Bertz CT molecular complexity index is 555. The molecule has 2 aromatic rings. The van der Waals surface area contributed by atoms with Crippen LogP contribution >= 0.6 is 0 Å². The van der Waals surface area contributed by atoms with Gasteiger partial charge >= 0.3 is 0 Å². The van der Waals surface area contributed by atoms with E-state index < -0.39 is 5.82 Å². The second-order valence-electron chi connectivity index (χ2n) is 4.12. The summed E-state index contributed by atoms with van der Waals surface area (Å²) >= 11 is 0. The Kier molecular flexibility index (Phi) is 3.46. The van der Waals surface area contributed by atoms with E-state index in [0.29, 0.717) is 5.69 Å². The van der Waals surface area contributed by atoms with Gasteiger partial charge in [-0.25, -0.2) is 8.78 Å². The smallest absolute Gasteiger partial charge is 0.148 e. The van der Waals surface area contributed by atoms with Crippen molar-refractivity contribution in [1.29, 1.82) is 0 Å². The highest BCUT2D eigenvalue weighted by Crippen LogP contribution is 2.26. The second-order valence-corrected chi connectivity index (χ2v) is 4.12. The maximum atomic E-state index is 13.3. The molecule has 4 heteroatoms. The monoisotopic (exact) mass is 248 g/mol. The molecule has 1 unspecified atom stereocenters. The molecule has 18 heavy (non-hydrogen) atoms. The highest BCUT2D eigenvalue weighted by molar-refractivity contribution is 5.67. The molecule has 0 saturated heterocycles. The number of para-hydroxylation sites is 1. The molecule has 2 aromatic carbocycles. The Hall–Kier alpha value is -2.10. The number of anilines is 2. The molecule has 0 aliphatic rings. The summed E-state index contributed by atoms with van der Waals surface area (Å²) in [5.41, 5.74) is 6.98. The number of benzene rings is 2. The van der Waals surface area contributed by atoms with Crippen LogP contribution in [-0.2, 0) is 0 Å². The van der Waals surface area contributed by atoms with E-state index in [4.69, 9.17) is 5.73 Å². The second kappa shape index (κ2) is 5.04. The van der Waals surface area contributed by atoms with Crippen LogP contribution in [-0.4, -0.2) is 0 Å². The molecule has 94 valence electrons. The van der Waals surface area contributed by atoms with Crippen molar-refractivity contribution >= 4 is 11.4 Å². The van der Waals surface area contributed by atoms with Gasteiger partial charge in [0.25, 0.3) is 0 Å². The third-order valence-electron chi connectivity index (χ3n) is 2.77. The summed E-state index contributed by atoms with van der Waals surface area (Å²) in [6.45, 7) is 1.86. The SMILES string of the molecule is CC(Nc1cccc(F)c1N)c1cccc(F)c1. The van der Waals surface area contributed by atoms with Gasteiger partial charge in [-0.15, -0.1) is 0 Å². The lowest BCUT2D eigenvalue weighted by molar-refractivity contribution is 0.623. The van der Waals surface area contributed by atoms with E-state index in [1.807, 2.05) is 6.92 Å². The molecular formula is C14H14F2N2.